The standard InChI is InChI=1S/C19H20BrN3O2S/c1-23(26(24,25)18-11-9-16(20)10-12-18)13-5-8-17-14-19(22-21-17)15-6-3-2-4-7-15/h2-4,6-7,9-12,14H,5,8,13H2,1H3,(H,21,22). The molecule has 0 saturated carbocycles. The lowest BCUT2D eigenvalue weighted by Crippen LogP contribution is -2.28. The zero-order valence-electron chi connectivity index (χ0n) is 14.4. The second-order valence-electron chi connectivity index (χ2n) is 6.03. The van der Waals surface area contributed by atoms with Gasteiger partial charge < -0.3 is 0 Å². The quantitative estimate of drug-likeness (QED) is 0.609. The van der Waals surface area contributed by atoms with Gasteiger partial charge in [0.15, 0.2) is 0 Å². The highest BCUT2D eigenvalue weighted by atomic mass is 79.9. The van der Waals surface area contributed by atoms with Crippen molar-refractivity contribution in [3.8, 4) is 11.3 Å². The summed E-state index contributed by atoms with van der Waals surface area (Å²) >= 11 is 3.32. The largest absolute Gasteiger partial charge is 0.282 e. The van der Waals surface area contributed by atoms with Crippen LogP contribution in [0.4, 0.5) is 0 Å². The van der Waals surface area contributed by atoms with Crippen LogP contribution in [0, 0.1) is 0 Å². The van der Waals surface area contributed by atoms with E-state index in [2.05, 4.69) is 26.1 Å². The Morgan fingerprint density at radius 2 is 1.77 bits per heavy atom. The van der Waals surface area contributed by atoms with Gasteiger partial charge in [0.05, 0.1) is 10.6 Å². The van der Waals surface area contributed by atoms with Crippen LogP contribution in [-0.2, 0) is 16.4 Å². The van der Waals surface area contributed by atoms with E-state index in [-0.39, 0.29) is 0 Å². The molecule has 0 radical (unpaired) electrons. The molecule has 0 aliphatic heterocycles. The minimum atomic E-state index is -3.46. The lowest BCUT2D eigenvalue weighted by Gasteiger charge is -2.17. The van der Waals surface area contributed by atoms with E-state index in [1.165, 1.54) is 4.31 Å². The molecule has 1 heterocycles. The highest BCUT2D eigenvalue weighted by molar-refractivity contribution is 9.10. The summed E-state index contributed by atoms with van der Waals surface area (Å²) in [5.74, 6) is 0. The first-order valence-electron chi connectivity index (χ1n) is 8.28. The molecule has 136 valence electrons. The normalized spacial score (nSPS) is 11.8. The van der Waals surface area contributed by atoms with Gasteiger partial charge in [0.25, 0.3) is 0 Å². The lowest BCUT2D eigenvalue weighted by atomic mass is 10.1. The summed E-state index contributed by atoms with van der Waals surface area (Å²) in [6.07, 6.45) is 1.45. The monoisotopic (exact) mass is 433 g/mol. The van der Waals surface area contributed by atoms with E-state index < -0.39 is 10.0 Å². The van der Waals surface area contributed by atoms with Crippen LogP contribution in [0.3, 0.4) is 0 Å². The molecule has 5 nitrogen and oxygen atoms in total. The molecule has 1 aromatic heterocycles. The number of halogens is 1. The van der Waals surface area contributed by atoms with E-state index in [9.17, 15) is 8.42 Å². The Morgan fingerprint density at radius 1 is 1.08 bits per heavy atom. The minimum Gasteiger partial charge on any atom is -0.282 e. The Balaban J connectivity index is 1.58. The second kappa shape index (κ2) is 8.16. The van der Waals surface area contributed by atoms with E-state index in [0.29, 0.717) is 17.9 Å². The molecule has 2 aromatic carbocycles. The first-order valence-corrected chi connectivity index (χ1v) is 10.5. The number of aryl methyl sites for hydroxylation is 1. The Labute approximate surface area is 162 Å². The molecule has 0 saturated heterocycles. The van der Waals surface area contributed by atoms with Crippen LogP contribution in [0.15, 0.2) is 70.0 Å². The maximum Gasteiger partial charge on any atom is 0.242 e. The number of hydrogen-bond acceptors (Lipinski definition) is 3. The fraction of sp³-hybridized carbons (Fsp3) is 0.211. The van der Waals surface area contributed by atoms with Crippen molar-refractivity contribution in [3.05, 3.63) is 70.8 Å². The molecule has 7 heteroatoms. The number of nitrogens with zero attached hydrogens (tertiary/aromatic N) is 2. The minimum absolute atomic E-state index is 0.302. The molecule has 26 heavy (non-hydrogen) atoms. The van der Waals surface area contributed by atoms with Gasteiger partial charge in [-0.15, -0.1) is 0 Å². The Bertz CT molecular complexity index is 954. The van der Waals surface area contributed by atoms with Gasteiger partial charge in [-0.3, -0.25) is 5.10 Å². The van der Waals surface area contributed by atoms with Crippen LogP contribution in [0.1, 0.15) is 12.1 Å². The van der Waals surface area contributed by atoms with E-state index in [4.69, 9.17) is 0 Å². The number of hydrogen-bond donors (Lipinski definition) is 1. The van der Waals surface area contributed by atoms with Gasteiger partial charge in [-0.05, 0) is 43.2 Å². The van der Waals surface area contributed by atoms with E-state index in [1.807, 2.05) is 36.4 Å². The molecule has 1 N–H and O–H groups in total. The van der Waals surface area contributed by atoms with Crippen LogP contribution < -0.4 is 0 Å². The summed E-state index contributed by atoms with van der Waals surface area (Å²) < 4.78 is 27.4. The Kier molecular flexibility index (Phi) is 5.90. The van der Waals surface area contributed by atoms with Gasteiger partial charge in [0.1, 0.15) is 0 Å². The predicted molar refractivity (Wildman–Crippen MR) is 106 cm³/mol. The fourth-order valence-electron chi connectivity index (χ4n) is 2.65. The average Bonchev–Trinajstić information content (AvgIpc) is 3.11. The van der Waals surface area contributed by atoms with Crippen LogP contribution in [0.5, 0.6) is 0 Å². The molecular weight excluding hydrogens is 414 g/mol. The molecule has 0 spiro atoms. The molecule has 0 amide bonds. The number of H-pyrrole nitrogens is 1. The molecule has 3 rings (SSSR count). The zero-order valence-corrected chi connectivity index (χ0v) is 16.8. The van der Waals surface area contributed by atoms with Crippen molar-refractivity contribution in [1.82, 2.24) is 14.5 Å². The van der Waals surface area contributed by atoms with Crippen molar-refractivity contribution in [2.75, 3.05) is 13.6 Å². The van der Waals surface area contributed by atoms with Crippen molar-refractivity contribution in [2.45, 2.75) is 17.7 Å². The number of rotatable bonds is 7. The fourth-order valence-corrected chi connectivity index (χ4v) is 4.12. The number of aromatic amines is 1. The topological polar surface area (TPSA) is 66.1 Å². The molecule has 0 bridgehead atoms. The van der Waals surface area contributed by atoms with E-state index in [0.717, 1.165) is 27.8 Å². The van der Waals surface area contributed by atoms with Gasteiger partial charge in [-0.2, -0.15) is 5.10 Å². The zero-order chi connectivity index (χ0) is 18.6. The first kappa shape index (κ1) is 18.8. The van der Waals surface area contributed by atoms with E-state index >= 15 is 0 Å². The number of aromatic nitrogens is 2. The van der Waals surface area contributed by atoms with Gasteiger partial charge in [-0.25, -0.2) is 12.7 Å². The van der Waals surface area contributed by atoms with Crippen molar-refractivity contribution in [3.63, 3.8) is 0 Å². The van der Waals surface area contributed by atoms with Crippen LogP contribution in [-0.4, -0.2) is 36.5 Å². The number of nitrogens with one attached hydrogen (secondary N) is 1. The van der Waals surface area contributed by atoms with E-state index in [1.54, 1.807) is 31.3 Å². The van der Waals surface area contributed by atoms with Gasteiger partial charge in [0, 0.05) is 29.3 Å². The lowest BCUT2D eigenvalue weighted by molar-refractivity contribution is 0.460. The number of benzene rings is 2. The van der Waals surface area contributed by atoms with Crippen molar-refractivity contribution in [2.24, 2.45) is 0 Å². The third-order valence-corrected chi connectivity index (χ3v) is 6.54. The van der Waals surface area contributed by atoms with Gasteiger partial charge >= 0.3 is 0 Å². The maximum absolute atomic E-state index is 12.6. The number of sulfonamides is 1. The third-order valence-electron chi connectivity index (χ3n) is 4.14. The van der Waals surface area contributed by atoms with Crippen LogP contribution >= 0.6 is 15.9 Å². The average molecular weight is 434 g/mol. The van der Waals surface area contributed by atoms with Crippen molar-refractivity contribution in [1.29, 1.82) is 0 Å². The SMILES string of the molecule is CN(CCCc1cc(-c2ccccc2)n[nH]1)S(=O)(=O)c1ccc(Br)cc1. The van der Waals surface area contributed by atoms with Crippen molar-refractivity contribution >= 4 is 26.0 Å². The predicted octanol–water partition coefficient (Wildman–Crippen LogP) is 4.09. The molecule has 0 atom stereocenters. The van der Waals surface area contributed by atoms with Crippen LogP contribution in [0.25, 0.3) is 11.3 Å². The molecule has 0 aliphatic rings. The highest BCUT2D eigenvalue weighted by Crippen LogP contribution is 2.19. The third kappa shape index (κ3) is 4.41. The summed E-state index contributed by atoms with van der Waals surface area (Å²) in [5, 5.41) is 7.36. The summed E-state index contributed by atoms with van der Waals surface area (Å²) in [6.45, 7) is 0.443. The van der Waals surface area contributed by atoms with Crippen molar-refractivity contribution < 1.29 is 8.42 Å². The Hall–Kier alpha value is -1.96. The first-order chi connectivity index (χ1) is 12.5. The summed E-state index contributed by atoms with van der Waals surface area (Å²) in [6, 6.07) is 18.6. The summed E-state index contributed by atoms with van der Waals surface area (Å²) in [7, 11) is -1.85. The molecule has 0 aliphatic carbocycles. The Morgan fingerprint density at radius 3 is 2.46 bits per heavy atom. The van der Waals surface area contributed by atoms with Crippen LogP contribution in [0.2, 0.25) is 0 Å². The summed E-state index contributed by atoms with van der Waals surface area (Å²) in [4.78, 5) is 0.302. The maximum atomic E-state index is 12.6. The molecule has 3 aromatic rings. The highest BCUT2D eigenvalue weighted by Gasteiger charge is 2.20. The smallest absolute Gasteiger partial charge is 0.242 e. The van der Waals surface area contributed by atoms with Gasteiger partial charge in [-0.1, -0.05) is 46.3 Å². The summed E-state index contributed by atoms with van der Waals surface area (Å²) in [5.41, 5.74) is 2.96. The molecule has 0 unspecified atom stereocenters. The van der Waals surface area contributed by atoms with Gasteiger partial charge in [0.2, 0.25) is 10.0 Å². The second-order valence-corrected chi connectivity index (χ2v) is 8.99. The molecular formula is C19H20BrN3O2S. The molecule has 0 fully saturated rings.